The SMILES string of the molecule is CCCCCCCCC(CC1COC1)C(C)(OCC)OCC. The van der Waals surface area contributed by atoms with Crippen molar-refractivity contribution in [3.8, 4) is 0 Å². The molecule has 1 unspecified atom stereocenters. The molecule has 0 amide bonds. The molecule has 22 heavy (non-hydrogen) atoms. The molecule has 0 spiro atoms. The second kappa shape index (κ2) is 11.4. The van der Waals surface area contributed by atoms with Gasteiger partial charge in [-0.05, 0) is 33.6 Å². The smallest absolute Gasteiger partial charge is 0.168 e. The molecule has 1 heterocycles. The average molecular weight is 315 g/mol. The average Bonchev–Trinajstić information content (AvgIpc) is 2.44. The summed E-state index contributed by atoms with van der Waals surface area (Å²) < 4.78 is 17.4. The highest BCUT2D eigenvalue weighted by atomic mass is 16.7. The van der Waals surface area contributed by atoms with Crippen LogP contribution in [0.1, 0.15) is 79.1 Å². The Kier molecular flexibility index (Phi) is 10.3. The van der Waals surface area contributed by atoms with Gasteiger partial charge in [0, 0.05) is 25.0 Å². The first-order chi connectivity index (χ1) is 10.7. The van der Waals surface area contributed by atoms with Crippen LogP contribution in [0, 0.1) is 11.8 Å². The standard InChI is InChI=1S/C19H38O3/c1-5-8-9-10-11-12-13-18(14-17-15-20-16-17)19(4,21-6-2)22-7-3/h17-18H,5-16H2,1-4H3. The zero-order valence-electron chi connectivity index (χ0n) is 15.4. The summed E-state index contributed by atoms with van der Waals surface area (Å²) in [6.07, 6.45) is 10.4. The molecule has 0 saturated carbocycles. The van der Waals surface area contributed by atoms with E-state index in [1.807, 2.05) is 0 Å². The van der Waals surface area contributed by atoms with E-state index in [4.69, 9.17) is 14.2 Å². The van der Waals surface area contributed by atoms with E-state index in [1.165, 1.54) is 51.4 Å². The molecule has 1 atom stereocenters. The molecule has 132 valence electrons. The van der Waals surface area contributed by atoms with E-state index in [2.05, 4.69) is 27.7 Å². The van der Waals surface area contributed by atoms with Gasteiger partial charge in [-0.15, -0.1) is 0 Å². The van der Waals surface area contributed by atoms with Crippen LogP contribution in [-0.4, -0.2) is 32.2 Å². The van der Waals surface area contributed by atoms with Crippen LogP contribution in [0.2, 0.25) is 0 Å². The van der Waals surface area contributed by atoms with Gasteiger partial charge < -0.3 is 14.2 Å². The lowest BCUT2D eigenvalue weighted by Gasteiger charge is -2.40. The maximum Gasteiger partial charge on any atom is 0.168 e. The van der Waals surface area contributed by atoms with Gasteiger partial charge in [0.05, 0.1) is 13.2 Å². The Morgan fingerprint density at radius 3 is 2.05 bits per heavy atom. The summed E-state index contributed by atoms with van der Waals surface area (Å²) in [5, 5.41) is 0. The van der Waals surface area contributed by atoms with Gasteiger partial charge in [-0.3, -0.25) is 0 Å². The van der Waals surface area contributed by atoms with Gasteiger partial charge in [0.1, 0.15) is 0 Å². The Bertz CT molecular complexity index is 257. The molecule has 1 saturated heterocycles. The molecule has 0 N–H and O–H groups in total. The molecule has 1 aliphatic heterocycles. The number of unbranched alkanes of at least 4 members (excludes halogenated alkanes) is 5. The topological polar surface area (TPSA) is 27.7 Å². The molecule has 1 aliphatic rings. The van der Waals surface area contributed by atoms with Crippen molar-refractivity contribution in [2.45, 2.75) is 84.8 Å². The molecule has 3 nitrogen and oxygen atoms in total. The van der Waals surface area contributed by atoms with Crippen molar-refractivity contribution < 1.29 is 14.2 Å². The van der Waals surface area contributed by atoms with E-state index in [0.717, 1.165) is 13.2 Å². The molecular formula is C19H38O3. The summed E-state index contributed by atoms with van der Waals surface area (Å²) in [4.78, 5) is 0. The van der Waals surface area contributed by atoms with Crippen LogP contribution in [0.15, 0.2) is 0 Å². The fourth-order valence-corrected chi connectivity index (χ4v) is 3.44. The first kappa shape index (κ1) is 19.9. The van der Waals surface area contributed by atoms with Crippen LogP contribution >= 0.6 is 0 Å². The van der Waals surface area contributed by atoms with Crippen LogP contribution in [-0.2, 0) is 14.2 Å². The summed E-state index contributed by atoms with van der Waals surface area (Å²) in [5.41, 5.74) is 0. The first-order valence-corrected chi connectivity index (χ1v) is 9.51. The summed E-state index contributed by atoms with van der Waals surface area (Å²) in [6, 6.07) is 0. The lowest BCUT2D eigenvalue weighted by molar-refractivity contribution is -0.259. The predicted molar refractivity (Wildman–Crippen MR) is 92.1 cm³/mol. The van der Waals surface area contributed by atoms with Gasteiger partial charge in [-0.25, -0.2) is 0 Å². The van der Waals surface area contributed by atoms with Crippen molar-refractivity contribution in [1.82, 2.24) is 0 Å². The molecule has 1 rings (SSSR count). The second-order valence-electron chi connectivity index (χ2n) is 6.77. The predicted octanol–water partition coefficient (Wildman–Crippen LogP) is 5.18. The molecule has 3 heteroatoms. The van der Waals surface area contributed by atoms with E-state index < -0.39 is 5.79 Å². The third kappa shape index (κ3) is 6.97. The Morgan fingerprint density at radius 1 is 0.955 bits per heavy atom. The van der Waals surface area contributed by atoms with E-state index in [9.17, 15) is 0 Å². The van der Waals surface area contributed by atoms with Gasteiger partial charge in [-0.1, -0.05) is 45.4 Å². The highest BCUT2D eigenvalue weighted by Gasteiger charge is 2.38. The number of hydrogen-bond donors (Lipinski definition) is 0. The molecule has 1 fully saturated rings. The normalized spacial score (nSPS) is 17.5. The van der Waals surface area contributed by atoms with Gasteiger partial charge >= 0.3 is 0 Å². The van der Waals surface area contributed by atoms with Gasteiger partial charge in [0.25, 0.3) is 0 Å². The number of hydrogen-bond acceptors (Lipinski definition) is 3. The fourth-order valence-electron chi connectivity index (χ4n) is 3.44. The summed E-state index contributed by atoms with van der Waals surface area (Å²) in [6.45, 7) is 11.8. The quantitative estimate of drug-likeness (QED) is 0.327. The molecular weight excluding hydrogens is 276 g/mol. The second-order valence-corrected chi connectivity index (χ2v) is 6.77. The lowest BCUT2D eigenvalue weighted by Crippen LogP contribution is -2.44. The van der Waals surface area contributed by atoms with Crippen LogP contribution in [0.25, 0.3) is 0 Å². The molecule has 0 aromatic heterocycles. The largest absolute Gasteiger partial charge is 0.381 e. The Balaban J connectivity index is 2.45. The number of ether oxygens (including phenoxy) is 3. The van der Waals surface area contributed by atoms with E-state index in [-0.39, 0.29) is 0 Å². The van der Waals surface area contributed by atoms with Crippen molar-refractivity contribution >= 4 is 0 Å². The third-order valence-electron chi connectivity index (χ3n) is 4.83. The minimum absolute atomic E-state index is 0.428. The summed E-state index contributed by atoms with van der Waals surface area (Å²) in [7, 11) is 0. The minimum atomic E-state index is -0.428. The Labute approximate surface area is 138 Å². The lowest BCUT2D eigenvalue weighted by atomic mass is 9.83. The summed E-state index contributed by atoms with van der Waals surface area (Å²) in [5.74, 6) is 0.750. The Morgan fingerprint density at radius 2 is 1.55 bits per heavy atom. The van der Waals surface area contributed by atoms with E-state index >= 15 is 0 Å². The number of rotatable bonds is 14. The van der Waals surface area contributed by atoms with Crippen LogP contribution < -0.4 is 0 Å². The molecule has 0 aromatic carbocycles. The fraction of sp³-hybridized carbons (Fsp3) is 1.00. The zero-order chi connectivity index (χ0) is 16.3. The van der Waals surface area contributed by atoms with E-state index in [0.29, 0.717) is 25.0 Å². The van der Waals surface area contributed by atoms with Crippen molar-refractivity contribution in [2.75, 3.05) is 26.4 Å². The van der Waals surface area contributed by atoms with Gasteiger partial charge in [0.2, 0.25) is 0 Å². The highest BCUT2D eigenvalue weighted by molar-refractivity contribution is 4.81. The van der Waals surface area contributed by atoms with E-state index in [1.54, 1.807) is 0 Å². The maximum atomic E-state index is 6.03. The van der Waals surface area contributed by atoms with Crippen molar-refractivity contribution in [3.63, 3.8) is 0 Å². The van der Waals surface area contributed by atoms with Crippen LogP contribution in [0.5, 0.6) is 0 Å². The van der Waals surface area contributed by atoms with Crippen molar-refractivity contribution in [2.24, 2.45) is 11.8 Å². The van der Waals surface area contributed by atoms with Crippen molar-refractivity contribution in [3.05, 3.63) is 0 Å². The molecule has 0 radical (unpaired) electrons. The summed E-state index contributed by atoms with van der Waals surface area (Å²) >= 11 is 0. The molecule has 0 aromatic rings. The first-order valence-electron chi connectivity index (χ1n) is 9.51. The third-order valence-corrected chi connectivity index (χ3v) is 4.83. The Hall–Kier alpha value is -0.120. The van der Waals surface area contributed by atoms with Crippen LogP contribution in [0.3, 0.4) is 0 Å². The highest BCUT2D eigenvalue weighted by Crippen LogP contribution is 2.35. The van der Waals surface area contributed by atoms with Crippen molar-refractivity contribution in [1.29, 1.82) is 0 Å². The maximum absolute atomic E-state index is 6.03. The monoisotopic (exact) mass is 314 g/mol. The minimum Gasteiger partial charge on any atom is -0.381 e. The zero-order valence-corrected chi connectivity index (χ0v) is 15.4. The molecule has 0 aliphatic carbocycles. The van der Waals surface area contributed by atoms with Gasteiger partial charge in [0.15, 0.2) is 5.79 Å². The van der Waals surface area contributed by atoms with Gasteiger partial charge in [-0.2, -0.15) is 0 Å². The molecule has 0 bridgehead atoms. The van der Waals surface area contributed by atoms with Crippen LogP contribution in [0.4, 0.5) is 0 Å².